The molecule has 2 aromatic rings. The zero-order chi connectivity index (χ0) is 22.0. The molecule has 2 aliphatic rings. The van der Waals surface area contributed by atoms with Gasteiger partial charge in [0, 0.05) is 17.7 Å². The quantitative estimate of drug-likeness (QED) is 0.683. The minimum atomic E-state index is -0.994. The lowest BCUT2D eigenvalue weighted by molar-refractivity contribution is -0.148. The van der Waals surface area contributed by atoms with Crippen LogP contribution in [0.15, 0.2) is 59.5 Å². The molecule has 0 unspecified atom stereocenters. The maximum atomic E-state index is 13.6. The second-order valence-corrected chi connectivity index (χ2v) is 8.49. The van der Waals surface area contributed by atoms with Crippen LogP contribution in [-0.2, 0) is 23.9 Å². The van der Waals surface area contributed by atoms with E-state index in [0.717, 1.165) is 10.5 Å². The summed E-state index contributed by atoms with van der Waals surface area (Å²) in [5.41, 5.74) is 6.81. The molecule has 1 saturated heterocycles. The van der Waals surface area contributed by atoms with Crippen molar-refractivity contribution in [3.8, 4) is 0 Å². The third kappa shape index (κ3) is 4.41. The molecule has 9 heteroatoms. The number of nitrogens with one attached hydrogen (secondary N) is 1. The average molecular weight is 439 g/mol. The third-order valence-electron chi connectivity index (χ3n) is 5.16. The summed E-state index contributed by atoms with van der Waals surface area (Å²) in [5, 5.41) is 2.31. The number of benzene rings is 2. The summed E-state index contributed by atoms with van der Waals surface area (Å²) in [7, 11) is 0. The number of fused-ring (bicyclic) bond motifs is 1. The number of primary amides is 1. The van der Waals surface area contributed by atoms with Crippen LogP contribution in [0.3, 0.4) is 0 Å². The van der Waals surface area contributed by atoms with Crippen LogP contribution in [0, 0.1) is 0 Å². The van der Waals surface area contributed by atoms with Crippen LogP contribution in [0.1, 0.15) is 23.7 Å². The molecule has 0 aromatic heterocycles. The lowest BCUT2D eigenvalue weighted by Crippen LogP contribution is -2.54. The first-order valence-corrected chi connectivity index (χ1v) is 10.7. The molecule has 160 valence electrons. The predicted molar refractivity (Wildman–Crippen MR) is 114 cm³/mol. The number of nitrogens with zero attached hydrogens (tertiary/aromatic N) is 1. The number of carbonyl (C=O) groups excluding carboxylic acids is 4. The molecule has 0 bridgehead atoms. The average Bonchev–Trinajstić information content (AvgIpc) is 3.17. The van der Waals surface area contributed by atoms with Crippen LogP contribution in [0.4, 0.5) is 5.69 Å². The number of hydrogen-bond acceptors (Lipinski definition) is 6. The third-order valence-corrected chi connectivity index (χ3v) is 6.56. The van der Waals surface area contributed by atoms with Gasteiger partial charge in [0.15, 0.2) is 6.10 Å². The van der Waals surface area contributed by atoms with Crippen molar-refractivity contribution in [1.82, 2.24) is 5.32 Å². The summed E-state index contributed by atoms with van der Waals surface area (Å²) in [6.07, 6.45) is -0.510. The number of anilines is 1. The highest BCUT2D eigenvalue weighted by atomic mass is 32.2. The summed E-state index contributed by atoms with van der Waals surface area (Å²) < 4.78 is 5.07. The number of esters is 1. The highest BCUT2D eigenvalue weighted by Crippen LogP contribution is 2.45. The fourth-order valence-electron chi connectivity index (χ4n) is 3.72. The highest BCUT2D eigenvalue weighted by molar-refractivity contribution is 7.99. The van der Waals surface area contributed by atoms with E-state index < -0.39 is 41.1 Å². The van der Waals surface area contributed by atoms with Crippen LogP contribution in [0.2, 0.25) is 0 Å². The largest absolute Gasteiger partial charge is 0.452 e. The molecule has 3 atom stereocenters. The lowest BCUT2D eigenvalue weighted by Gasteiger charge is -2.28. The highest BCUT2D eigenvalue weighted by Gasteiger charge is 2.41. The topological polar surface area (TPSA) is 119 Å². The van der Waals surface area contributed by atoms with Gasteiger partial charge in [-0.3, -0.25) is 19.2 Å². The first-order valence-electron chi connectivity index (χ1n) is 9.84. The summed E-state index contributed by atoms with van der Waals surface area (Å²) >= 11 is 1.42. The molecule has 2 aliphatic heterocycles. The minimum Gasteiger partial charge on any atom is -0.452 e. The van der Waals surface area contributed by atoms with Crippen molar-refractivity contribution in [3.63, 3.8) is 0 Å². The lowest BCUT2D eigenvalue weighted by atomic mass is 10.0. The normalized spacial score (nSPS) is 23.0. The van der Waals surface area contributed by atoms with Gasteiger partial charge in [-0.25, -0.2) is 0 Å². The van der Waals surface area contributed by atoms with Crippen LogP contribution >= 0.6 is 11.8 Å². The van der Waals surface area contributed by atoms with Crippen LogP contribution in [0.25, 0.3) is 0 Å². The van der Waals surface area contributed by atoms with Gasteiger partial charge in [0.1, 0.15) is 12.6 Å². The Kier molecular flexibility index (Phi) is 5.94. The Hall–Kier alpha value is -3.33. The molecule has 3 amide bonds. The number of amides is 3. The fraction of sp³-hybridized carbons (Fsp3) is 0.273. The van der Waals surface area contributed by atoms with Crippen LogP contribution < -0.4 is 16.0 Å². The molecule has 0 saturated carbocycles. The van der Waals surface area contributed by atoms with Gasteiger partial charge >= 0.3 is 5.97 Å². The molecule has 4 rings (SSSR count). The van der Waals surface area contributed by atoms with Gasteiger partial charge < -0.3 is 20.7 Å². The molecule has 0 spiro atoms. The molecule has 31 heavy (non-hydrogen) atoms. The summed E-state index contributed by atoms with van der Waals surface area (Å²) in [6.45, 7) is -0.317. The number of cyclic esters (lactones) is 1. The Bertz CT molecular complexity index is 1030. The van der Waals surface area contributed by atoms with Gasteiger partial charge in [-0.2, -0.15) is 0 Å². The van der Waals surface area contributed by atoms with E-state index in [4.69, 9.17) is 10.5 Å². The Balaban J connectivity index is 1.74. The van der Waals surface area contributed by atoms with E-state index in [2.05, 4.69) is 5.32 Å². The van der Waals surface area contributed by atoms with Gasteiger partial charge in [0.05, 0.1) is 10.9 Å². The van der Waals surface area contributed by atoms with Crippen molar-refractivity contribution >= 4 is 41.1 Å². The van der Waals surface area contributed by atoms with Crippen molar-refractivity contribution in [1.29, 1.82) is 0 Å². The maximum Gasteiger partial charge on any atom is 0.306 e. The van der Waals surface area contributed by atoms with Gasteiger partial charge in [0.2, 0.25) is 5.91 Å². The molecule has 2 aromatic carbocycles. The number of hydrogen-bond donors (Lipinski definition) is 2. The van der Waals surface area contributed by atoms with Crippen LogP contribution in [-0.4, -0.2) is 42.4 Å². The number of nitrogens with two attached hydrogens (primary N) is 1. The van der Waals surface area contributed by atoms with E-state index in [1.807, 2.05) is 42.5 Å². The molecule has 1 fully saturated rings. The van der Waals surface area contributed by atoms with Crippen molar-refractivity contribution in [2.75, 3.05) is 11.4 Å². The second-order valence-electron chi connectivity index (χ2n) is 7.31. The molecule has 0 radical (unpaired) electrons. The summed E-state index contributed by atoms with van der Waals surface area (Å²) in [6, 6.07) is 15.6. The zero-order valence-electron chi connectivity index (χ0n) is 16.5. The standard InChI is InChI=1S/C22H21N3O5S/c23-17(26)12-25-14-8-4-5-9-16(14)31-20(13-6-2-1-3-7-13)19(22(25)29)24-21(28)15-10-11-18(27)30-15/h1-9,15,19-20H,10-12H2,(H2,23,26)(H,24,28)/t15-,19-,20+/m0/s1. The van der Waals surface area contributed by atoms with Crippen LogP contribution in [0.5, 0.6) is 0 Å². The number of rotatable bonds is 5. The first kappa shape index (κ1) is 20.9. The van der Waals surface area contributed by atoms with Crippen molar-refractivity contribution in [2.24, 2.45) is 5.73 Å². The molecule has 0 aliphatic carbocycles. The molecule has 3 N–H and O–H groups in total. The number of ether oxygens (including phenoxy) is 1. The fourth-order valence-corrected chi connectivity index (χ4v) is 5.06. The Labute approximate surface area is 183 Å². The number of carbonyl (C=O) groups is 4. The molecule has 8 nitrogen and oxygen atoms in total. The van der Waals surface area contributed by atoms with Gasteiger partial charge in [-0.15, -0.1) is 11.8 Å². The first-order chi connectivity index (χ1) is 14.9. The monoisotopic (exact) mass is 439 g/mol. The summed E-state index contributed by atoms with van der Waals surface area (Å²) in [5.74, 6) is -2.09. The molecular formula is C22H21N3O5S. The van der Waals surface area contributed by atoms with E-state index in [1.165, 1.54) is 16.7 Å². The van der Waals surface area contributed by atoms with Crippen molar-refractivity contribution < 1.29 is 23.9 Å². The molecule has 2 heterocycles. The summed E-state index contributed by atoms with van der Waals surface area (Å²) in [4.78, 5) is 51.7. The van der Waals surface area contributed by atoms with Crippen molar-refractivity contribution in [2.45, 2.75) is 35.1 Å². The van der Waals surface area contributed by atoms with E-state index in [-0.39, 0.29) is 19.4 Å². The van der Waals surface area contributed by atoms with Crippen molar-refractivity contribution in [3.05, 3.63) is 60.2 Å². The Morgan fingerprint density at radius 3 is 2.48 bits per heavy atom. The van der Waals surface area contributed by atoms with Gasteiger partial charge in [-0.1, -0.05) is 42.5 Å². The number of para-hydroxylation sites is 1. The predicted octanol–water partition coefficient (Wildman–Crippen LogP) is 1.54. The zero-order valence-corrected chi connectivity index (χ0v) is 17.3. The SMILES string of the molecule is NC(=O)CN1C(=O)[C@@H](NC(=O)[C@@H]2CCC(=O)O2)[C@@H](c2ccccc2)Sc2ccccc21. The number of thioether (sulfide) groups is 1. The van der Waals surface area contributed by atoms with E-state index in [9.17, 15) is 19.2 Å². The van der Waals surface area contributed by atoms with Gasteiger partial charge in [-0.05, 0) is 17.7 Å². The Morgan fingerprint density at radius 1 is 1.10 bits per heavy atom. The smallest absolute Gasteiger partial charge is 0.306 e. The maximum absolute atomic E-state index is 13.6. The van der Waals surface area contributed by atoms with E-state index >= 15 is 0 Å². The van der Waals surface area contributed by atoms with E-state index in [0.29, 0.717) is 5.69 Å². The second kappa shape index (κ2) is 8.81. The molecular weight excluding hydrogens is 418 g/mol. The minimum absolute atomic E-state index is 0.160. The van der Waals surface area contributed by atoms with E-state index in [1.54, 1.807) is 12.1 Å². The van der Waals surface area contributed by atoms with Gasteiger partial charge in [0.25, 0.3) is 11.8 Å². The Morgan fingerprint density at radius 2 is 1.81 bits per heavy atom.